The summed E-state index contributed by atoms with van der Waals surface area (Å²) in [7, 11) is 0. The van der Waals surface area contributed by atoms with Crippen molar-refractivity contribution in [1.82, 2.24) is 25.1 Å². The van der Waals surface area contributed by atoms with Gasteiger partial charge in [0, 0.05) is 40.7 Å². The molecule has 8 heteroatoms. The lowest BCUT2D eigenvalue weighted by Crippen LogP contribution is -2.42. The molecule has 0 bridgehead atoms. The number of benzene rings is 2. The van der Waals surface area contributed by atoms with Gasteiger partial charge in [0.2, 0.25) is 5.60 Å². The van der Waals surface area contributed by atoms with Crippen molar-refractivity contribution in [2.24, 2.45) is 0 Å². The molecule has 0 aliphatic rings. The first kappa shape index (κ1) is 19.5. The maximum Gasteiger partial charge on any atom is 0.269 e. The summed E-state index contributed by atoms with van der Waals surface area (Å²) in [4.78, 5) is 24.6. The number of fused-ring (bicyclic) bond motifs is 1. The second kappa shape index (κ2) is 8.01. The van der Waals surface area contributed by atoms with Crippen LogP contribution in [0.5, 0.6) is 0 Å². The smallest absolute Gasteiger partial charge is 0.269 e. The number of hydrogen-bond acceptors (Lipinski definition) is 6. The van der Waals surface area contributed by atoms with Gasteiger partial charge in [-0.3, -0.25) is 9.78 Å². The number of amides is 1. The van der Waals surface area contributed by atoms with Gasteiger partial charge in [-0.1, -0.05) is 48.5 Å². The van der Waals surface area contributed by atoms with Crippen LogP contribution in [0.2, 0.25) is 0 Å². The fraction of sp³-hybridized carbons (Fsp3) is 0.0417. The van der Waals surface area contributed by atoms with E-state index >= 15 is 0 Å². The lowest BCUT2D eigenvalue weighted by atomic mass is 9.91. The van der Waals surface area contributed by atoms with Crippen LogP contribution >= 0.6 is 0 Å². The number of rotatable bonds is 5. The lowest BCUT2D eigenvalue weighted by molar-refractivity contribution is -0.131. The van der Waals surface area contributed by atoms with E-state index in [2.05, 4.69) is 30.5 Å². The van der Waals surface area contributed by atoms with Gasteiger partial charge in [0.1, 0.15) is 0 Å². The monoisotopic (exact) mass is 422 g/mol. The summed E-state index contributed by atoms with van der Waals surface area (Å²) in [6.07, 6.45) is 7.91. The van der Waals surface area contributed by atoms with Gasteiger partial charge >= 0.3 is 0 Å². The zero-order chi connectivity index (χ0) is 22.0. The van der Waals surface area contributed by atoms with Gasteiger partial charge in [-0.2, -0.15) is 10.2 Å². The summed E-state index contributed by atoms with van der Waals surface area (Å²) < 4.78 is 0. The first-order valence-corrected chi connectivity index (χ1v) is 9.91. The summed E-state index contributed by atoms with van der Waals surface area (Å²) >= 11 is 0. The molecule has 0 saturated heterocycles. The molecule has 8 nitrogen and oxygen atoms in total. The van der Waals surface area contributed by atoms with Crippen LogP contribution in [0.3, 0.4) is 0 Å². The third-order valence-electron chi connectivity index (χ3n) is 5.21. The van der Waals surface area contributed by atoms with Crippen LogP contribution < -0.4 is 5.32 Å². The molecule has 5 rings (SSSR count). The quantitative estimate of drug-likeness (QED) is 0.400. The minimum Gasteiger partial charge on any atom is -0.369 e. The minimum absolute atomic E-state index is 0.120. The van der Waals surface area contributed by atoms with Crippen LogP contribution in [0.4, 0.5) is 5.69 Å². The van der Waals surface area contributed by atoms with E-state index in [1.807, 2.05) is 30.3 Å². The molecular formula is C24H18N6O2. The first-order chi connectivity index (χ1) is 15.7. The Morgan fingerprint density at radius 1 is 1.00 bits per heavy atom. The summed E-state index contributed by atoms with van der Waals surface area (Å²) in [6.45, 7) is 0. The van der Waals surface area contributed by atoms with Crippen LogP contribution in [0.1, 0.15) is 11.4 Å². The number of H-pyrrole nitrogens is 1. The number of pyridine rings is 1. The van der Waals surface area contributed by atoms with Crippen molar-refractivity contribution in [3.63, 3.8) is 0 Å². The normalized spacial score (nSPS) is 12.9. The number of aromatic amines is 1. The number of nitrogens with one attached hydrogen (secondary N) is 2. The minimum atomic E-state index is -2.01. The number of hydrogen-bond donors (Lipinski definition) is 3. The van der Waals surface area contributed by atoms with Crippen LogP contribution in [0.25, 0.3) is 22.0 Å². The highest BCUT2D eigenvalue weighted by Crippen LogP contribution is 2.31. The molecule has 3 N–H and O–H groups in total. The summed E-state index contributed by atoms with van der Waals surface area (Å²) in [5, 5.41) is 23.4. The molecule has 0 fully saturated rings. The molecule has 1 atom stereocenters. The Morgan fingerprint density at radius 3 is 2.62 bits per heavy atom. The van der Waals surface area contributed by atoms with Crippen molar-refractivity contribution in [3.8, 4) is 11.1 Å². The molecule has 2 aromatic carbocycles. The van der Waals surface area contributed by atoms with Gasteiger partial charge in [0.25, 0.3) is 5.91 Å². The largest absolute Gasteiger partial charge is 0.369 e. The maximum absolute atomic E-state index is 13.3. The highest BCUT2D eigenvalue weighted by Gasteiger charge is 2.42. The predicted molar refractivity (Wildman–Crippen MR) is 119 cm³/mol. The number of aromatic nitrogens is 5. The number of carbonyl (C=O) groups excluding carboxylic acids is 1. The van der Waals surface area contributed by atoms with Crippen LogP contribution in [0, 0.1) is 0 Å². The number of anilines is 1. The highest BCUT2D eigenvalue weighted by molar-refractivity contribution is 6.00. The number of nitrogens with zero attached hydrogens (tertiary/aromatic N) is 4. The molecule has 0 radical (unpaired) electrons. The van der Waals surface area contributed by atoms with E-state index in [1.165, 1.54) is 12.4 Å². The zero-order valence-electron chi connectivity index (χ0n) is 16.8. The highest BCUT2D eigenvalue weighted by atomic mass is 16.3. The Kier molecular flexibility index (Phi) is 4.89. The van der Waals surface area contributed by atoms with E-state index in [1.54, 1.807) is 48.9 Å². The van der Waals surface area contributed by atoms with Gasteiger partial charge in [-0.05, 0) is 12.1 Å². The molecular weight excluding hydrogens is 404 g/mol. The molecule has 156 valence electrons. The van der Waals surface area contributed by atoms with E-state index in [0.717, 1.165) is 22.0 Å². The maximum atomic E-state index is 13.3. The number of imidazole rings is 1. The van der Waals surface area contributed by atoms with Crippen molar-refractivity contribution in [3.05, 3.63) is 103 Å². The molecule has 0 aliphatic carbocycles. The Morgan fingerprint density at radius 2 is 1.81 bits per heavy atom. The average Bonchev–Trinajstić information content (AvgIpc) is 3.39. The molecule has 0 spiro atoms. The van der Waals surface area contributed by atoms with Crippen molar-refractivity contribution in [1.29, 1.82) is 0 Å². The Labute approximate surface area is 183 Å². The van der Waals surface area contributed by atoms with Crippen LogP contribution in [-0.2, 0) is 10.4 Å². The first-order valence-electron chi connectivity index (χ1n) is 9.91. The van der Waals surface area contributed by atoms with E-state index in [9.17, 15) is 9.90 Å². The van der Waals surface area contributed by atoms with Crippen molar-refractivity contribution in [2.45, 2.75) is 5.60 Å². The Hall–Kier alpha value is -4.43. The summed E-state index contributed by atoms with van der Waals surface area (Å²) in [5.74, 6) is -0.537. The van der Waals surface area contributed by atoms with Crippen LogP contribution in [-0.4, -0.2) is 36.2 Å². The molecule has 3 aromatic heterocycles. The average molecular weight is 422 g/mol. The number of carbonyl (C=O) groups is 1. The molecule has 1 amide bonds. The van der Waals surface area contributed by atoms with Gasteiger partial charge in [-0.15, -0.1) is 0 Å². The van der Waals surface area contributed by atoms with E-state index < -0.39 is 11.5 Å². The van der Waals surface area contributed by atoms with E-state index in [-0.39, 0.29) is 5.82 Å². The van der Waals surface area contributed by atoms with Crippen molar-refractivity contribution in [2.75, 3.05) is 5.32 Å². The molecule has 0 saturated carbocycles. The van der Waals surface area contributed by atoms with Gasteiger partial charge in [0.15, 0.2) is 5.82 Å². The predicted octanol–water partition coefficient (Wildman–Crippen LogP) is 3.29. The molecule has 3 heterocycles. The lowest BCUT2D eigenvalue weighted by Gasteiger charge is -2.25. The standard InChI is InChI=1S/C24H18N6O2/c31-23(24(32,22-26-10-11-27-22)17-6-2-1-3-7-17)29-18-12-16(13-25-14-18)20-15-28-30-21-9-5-4-8-19(20)21/h1-15,32H,(H,26,27)(H,29,31)/t24-/m1/s1. The topological polar surface area (TPSA) is 117 Å². The Bertz CT molecular complexity index is 1380. The number of aliphatic hydroxyl groups is 1. The molecule has 5 aromatic rings. The van der Waals surface area contributed by atoms with Gasteiger partial charge in [0.05, 0.1) is 23.6 Å². The van der Waals surface area contributed by atoms with E-state index in [4.69, 9.17) is 0 Å². The molecule has 0 unspecified atom stereocenters. The van der Waals surface area contributed by atoms with Crippen LogP contribution in [0.15, 0.2) is 91.6 Å². The molecule has 0 aliphatic heterocycles. The summed E-state index contributed by atoms with van der Waals surface area (Å²) in [6, 6.07) is 18.1. The summed E-state index contributed by atoms with van der Waals surface area (Å²) in [5.41, 5.74) is 1.16. The molecule has 32 heavy (non-hydrogen) atoms. The van der Waals surface area contributed by atoms with E-state index in [0.29, 0.717) is 11.3 Å². The second-order valence-corrected chi connectivity index (χ2v) is 7.21. The Balaban J connectivity index is 1.52. The second-order valence-electron chi connectivity index (χ2n) is 7.21. The fourth-order valence-corrected chi connectivity index (χ4v) is 3.63. The SMILES string of the molecule is O=C(Nc1cncc(-c2cnnc3ccccc23)c1)[C@@](O)(c1ccccc1)c1ncc[nH]1. The van der Waals surface area contributed by atoms with Crippen molar-refractivity contribution >= 4 is 22.5 Å². The zero-order valence-corrected chi connectivity index (χ0v) is 16.8. The van der Waals surface area contributed by atoms with Crippen molar-refractivity contribution < 1.29 is 9.90 Å². The third kappa shape index (κ3) is 3.38. The van der Waals surface area contributed by atoms with Gasteiger partial charge < -0.3 is 15.4 Å². The fourth-order valence-electron chi connectivity index (χ4n) is 3.63. The third-order valence-corrected chi connectivity index (χ3v) is 5.21. The van der Waals surface area contributed by atoms with Gasteiger partial charge in [-0.25, -0.2) is 4.98 Å².